The van der Waals surface area contributed by atoms with Crippen LogP contribution in [0.1, 0.15) is 10.4 Å². The van der Waals surface area contributed by atoms with Crippen LogP contribution in [0.4, 0.5) is 0 Å². The summed E-state index contributed by atoms with van der Waals surface area (Å²) in [6.07, 6.45) is 1.30. The minimum atomic E-state index is -1.17. The van der Waals surface area contributed by atoms with E-state index in [9.17, 15) is 9.90 Å². The number of aromatic nitrogens is 2. The molecule has 1 heterocycles. The minimum Gasteiger partial charge on any atom is -0.497 e. The second-order valence-corrected chi connectivity index (χ2v) is 4.19. The van der Waals surface area contributed by atoms with Crippen LogP contribution >= 0.6 is 11.6 Å². The quantitative estimate of drug-likeness (QED) is 0.907. The molecule has 0 aliphatic heterocycles. The Morgan fingerprint density at radius 3 is 2.67 bits per heavy atom. The summed E-state index contributed by atoms with van der Waals surface area (Å²) in [5.74, 6) is -0.700. The summed E-state index contributed by atoms with van der Waals surface area (Å²) in [5.41, 5.74) is -0.0806. The van der Waals surface area contributed by atoms with Crippen LogP contribution in [-0.2, 0) is 0 Å². The van der Waals surface area contributed by atoms with Gasteiger partial charge in [-0.3, -0.25) is 0 Å². The number of benzene rings is 1. The van der Waals surface area contributed by atoms with Gasteiger partial charge in [0.05, 0.1) is 20.4 Å². The first-order valence-electron chi connectivity index (χ1n) is 5.71. The topological polar surface area (TPSA) is 90.8 Å². The molecule has 2 rings (SSSR count). The first kappa shape index (κ1) is 14.9. The van der Waals surface area contributed by atoms with E-state index in [-0.39, 0.29) is 28.2 Å². The predicted molar refractivity (Wildman–Crippen MR) is 73.6 cm³/mol. The van der Waals surface area contributed by atoms with E-state index in [1.165, 1.54) is 32.5 Å². The monoisotopic (exact) mass is 310 g/mol. The molecule has 0 saturated carbocycles. The zero-order chi connectivity index (χ0) is 15.4. The van der Waals surface area contributed by atoms with E-state index in [0.717, 1.165) is 0 Å². The number of carboxylic acid groups (broad SMARTS) is 1. The van der Waals surface area contributed by atoms with E-state index in [4.69, 9.17) is 25.8 Å². The maximum Gasteiger partial charge on any atom is 0.339 e. The first-order valence-corrected chi connectivity index (χ1v) is 6.08. The third-order valence-electron chi connectivity index (χ3n) is 2.50. The molecule has 0 fully saturated rings. The number of ether oxygens (including phenoxy) is 3. The first-order chi connectivity index (χ1) is 10.0. The van der Waals surface area contributed by atoms with Crippen molar-refractivity contribution in [2.75, 3.05) is 14.2 Å². The summed E-state index contributed by atoms with van der Waals surface area (Å²) in [5, 5.41) is 9.34. The molecule has 0 amide bonds. The van der Waals surface area contributed by atoms with Gasteiger partial charge in [-0.15, -0.1) is 0 Å². The molecule has 0 saturated heterocycles. The van der Waals surface area contributed by atoms with Crippen molar-refractivity contribution in [3.05, 3.63) is 35.0 Å². The van der Waals surface area contributed by atoms with E-state index >= 15 is 0 Å². The fraction of sp³-hybridized carbons (Fsp3) is 0.154. The molecule has 0 radical (unpaired) electrons. The van der Waals surface area contributed by atoms with Gasteiger partial charge in [0.25, 0.3) is 0 Å². The van der Waals surface area contributed by atoms with Crippen LogP contribution in [0, 0.1) is 0 Å². The number of rotatable bonds is 5. The lowest BCUT2D eigenvalue weighted by molar-refractivity contribution is 0.0693. The van der Waals surface area contributed by atoms with Gasteiger partial charge in [0.15, 0.2) is 0 Å². The molecule has 110 valence electrons. The summed E-state index contributed by atoms with van der Waals surface area (Å²) >= 11 is 5.92. The van der Waals surface area contributed by atoms with E-state index in [0.29, 0.717) is 5.75 Å². The van der Waals surface area contributed by atoms with Gasteiger partial charge in [0.2, 0.25) is 5.88 Å². The summed E-state index contributed by atoms with van der Waals surface area (Å²) in [6, 6.07) is 4.41. The lowest BCUT2D eigenvalue weighted by atomic mass is 10.2. The smallest absolute Gasteiger partial charge is 0.339 e. The Morgan fingerprint density at radius 2 is 2.05 bits per heavy atom. The Kier molecular flexibility index (Phi) is 4.44. The molecule has 2 aromatic rings. The molecule has 0 atom stereocenters. The van der Waals surface area contributed by atoms with Gasteiger partial charge in [-0.05, 0) is 18.2 Å². The molecule has 1 N–H and O–H groups in total. The third-order valence-corrected chi connectivity index (χ3v) is 2.76. The van der Waals surface area contributed by atoms with Crippen molar-refractivity contribution in [3.8, 4) is 23.4 Å². The fourth-order valence-electron chi connectivity index (χ4n) is 1.50. The molecule has 0 bridgehead atoms. The summed E-state index contributed by atoms with van der Waals surface area (Å²) in [6.45, 7) is 0. The predicted octanol–water partition coefficient (Wildman–Crippen LogP) is 2.64. The molecule has 0 unspecified atom stereocenters. The van der Waals surface area contributed by atoms with Gasteiger partial charge in [-0.25, -0.2) is 9.78 Å². The van der Waals surface area contributed by atoms with Crippen LogP contribution in [0.25, 0.3) is 0 Å². The summed E-state index contributed by atoms with van der Waals surface area (Å²) < 4.78 is 15.3. The largest absolute Gasteiger partial charge is 0.497 e. The average Bonchev–Trinajstić information content (AvgIpc) is 2.49. The minimum absolute atomic E-state index is 0.00353. The van der Waals surface area contributed by atoms with E-state index < -0.39 is 5.97 Å². The lowest BCUT2D eigenvalue weighted by Crippen LogP contribution is -2.02. The molecule has 0 spiro atoms. The van der Waals surface area contributed by atoms with Crippen LogP contribution in [0.5, 0.6) is 23.4 Å². The van der Waals surface area contributed by atoms with Crippen LogP contribution in [0.15, 0.2) is 24.4 Å². The molecule has 0 aliphatic carbocycles. The van der Waals surface area contributed by atoms with Crippen molar-refractivity contribution in [1.82, 2.24) is 9.97 Å². The van der Waals surface area contributed by atoms with E-state index in [1.807, 2.05) is 0 Å². The number of methoxy groups -OCH3 is 2. The van der Waals surface area contributed by atoms with Crippen LogP contribution in [-0.4, -0.2) is 35.3 Å². The Hall–Kier alpha value is -2.54. The number of hydrogen-bond donors (Lipinski definition) is 1. The molecule has 7 nitrogen and oxygen atoms in total. The van der Waals surface area contributed by atoms with Gasteiger partial charge < -0.3 is 19.3 Å². The fourth-order valence-corrected chi connectivity index (χ4v) is 1.63. The molecule has 8 heteroatoms. The zero-order valence-corrected chi connectivity index (χ0v) is 11.9. The SMILES string of the molecule is COc1ccc(Oc2nc(OC)ncc2Cl)c(C(=O)O)c1. The van der Waals surface area contributed by atoms with Gasteiger partial charge in [0, 0.05) is 0 Å². The molecule has 21 heavy (non-hydrogen) atoms. The van der Waals surface area contributed by atoms with Crippen molar-refractivity contribution in [2.45, 2.75) is 0 Å². The highest BCUT2D eigenvalue weighted by Gasteiger charge is 2.16. The van der Waals surface area contributed by atoms with Gasteiger partial charge >= 0.3 is 12.0 Å². The van der Waals surface area contributed by atoms with E-state index in [2.05, 4.69) is 9.97 Å². The second-order valence-electron chi connectivity index (χ2n) is 3.78. The number of carboxylic acids is 1. The Balaban J connectivity index is 2.41. The lowest BCUT2D eigenvalue weighted by Gasteiger charge is -2.10. The number of carbonyl (C=O) groups is 1. The highest BCUT2D eigenvalue weighted by molar-refractivity contribution is 6.31. The Morgan fingerprint density at radius 1 is 1.29 bits per heavy atom. The maximum absolute atomic E-state index is 11.3. The van der Waals surface area contributed by atoms with E-state index in [1.54, 1.807) is 6.07 Å². The zero-order valence-electron chi connectivity index (χ0n) is 11.2. The van der Waals surface area contributed by atoms with Gasteiger partial charge in [-0.1, -0.05) is 11.6 Å². The summed E-state index contributed by atoms with van der Waals surface area (Å²) in [4.78, 5) is 19.0. The summed E-state index contributed by atoms with van der Waals surface area (Å²) in [7, 11) is 2.83. The van der Waals surface area contributed by atoms with Crippen molar-refractivity contribution >= 4 is 17.6 Å². The van der Waals surface area contributed by atoms with Crippen LogP contribution in [0.2, 0.25) is 5.02 Å². The van der Waals surface area contributed by atoms with Crippen molar-refractivity contribution in [1.29, 1.82) is 0 Å². The molecular formula is C13H11ClN2O5. The van der Waals surface area contributed by atoms with Crippen molar-refractivity contribution in [3.63, 3.8) is 0 Å². The Bertz CT molecular complexity index is 678. The van der Waals surface area contributed by atoms with Gasteiger partial charge in [-0.2, -0.15) is 4.98 Å². The Labute approximate surface area is 125 Å². The number of aromatic carboxylic acids is 1. The van der Waals surface area contributed by atoms with Crippen molar-refractivity contribution in [2.24, 2.45) is 0 Å². The number of hydrogen-bond acceptors (Lipinski definition) is 6. The normalized spacial score (nSPS) is 10.0. The maximum atomic E-state index is 11.3. The third kappa shape index (κ3) is 3.32. The standard InChI is InChI=1S/C13H11ClN2O5/c1-19-7-3-4-10(8(5-7)12(17)18)21-11-9(14)6-15-13(16-11)20-2/h3-6H,1-2H3,(H,17,18). The average molecular weight is 311 g/mol. The molecule has 1 aromatic heterocycles. The molecular weight excluding hydrogens is 300 g/mol. The molecule has 1 aromatic carbocycles. The van der Waals surface area contributed by atoms with Crippen LogP contribution in [0.3, 0.4) is 0 Å². The van der Waals surface area contributed by atoms with Crippen molar-refractivity contribution < 1.29 is 24.1 Å². The van der Waals surface area contributed by atoms with Crippen LogP contribution < -0.4 is 14.2 Å². The number of halogens is 1. The highest BCUT2D eigenvalue weighted by atomic mass is 35.5. The number of nitrogens with zero attached hydrogens (tertiary/aromatic N) is 2. The van der Waals surface area contributed by atoms with Gasteiger partial charge in [0.1, 0.15) is 22.1 Å². The second kappa shape index (κ2) is 6.27. The highest BCUT2D eigenvalue weighted by Crippen LogP contribution is 2.32. The molecule has 0 aliphatic rings.